The Morgan fingerprint density at radius 1 is 1.47 bits per heavy atom. The monoisotopic (exact) mass is 270 g/mol. The van der Waals surface area contributed by atoms with Crippen LogP contribution >= 0.6 is 0 Å². The summed E-state index contributed by atoms with van der Waals surface area (Å²) in [6.07, 6.45) is 4.94. The molecule has 1 fully saturated rings. The fourth-order valence-electron chi connectivity index (χ4n) is 3.16. The van der Waals surface area contributed by atoms with Crippen LogP contribution in [0.2, 0.25) is 0 Å². The van der Waals surface area contributed by atoms with E-state index in [2.05, 4.69) is 17.1 Å². The third-order valence-corrected chi connectivity index (χ3v) is 4.35. The van der Waals surface area contributed by atoms with Gasteiger partial charge in [0.05, 0.1) is 0 Å². The molecular weight excluding hydrogens is 240 g/mol. The van der Waals surface area contributed by atoms with Crippen molar-refractivity contribution in [2.24, 2.45) is 5.92 Å². The summed E-state index contributed by atoms with van der Waals surface area (Å²) in [6, 6.07) is 0. The zero-order valence-electron chi connectivity index (χ0n) is 12.7. The van der Waals surface area contributed by atoms with Gasteiger partial charge < -0.3 is 15.3 Å². The summed E-state index contributed by atoms with van der Waals surface area (Å²) in [4.78, 5) is 14.0. The summed E-state index contributed by atoms with van der Waals surface area (Å²) in [6.45, 7) is 10.3. The van der Waals surface area contributed by atoms with Gasteiger partial charge in [-0.1, -0.05) is 20.8 Å². The molecule has 19 heavy (non-hydrogen) atoms. The van der Waals surface area contributed by atoms with Crippen molar-refractivity contribution in [3.63, 3.8) is 0 Å². The molecule has 1 aliphatic heterocycles. The van der Waals surface area contributed by atoms with E-state index in [1.165, 1.54) is 25.9 Å². The lowest BCUT2D eigenvalue weighted by molar-refractivity contribution is -0.145. The average Bonchev–Trinajstić information content (AvgIpc) is 2.37. The molecular formula is C15H30N2O2. The van der Waals surface area contributed by atoms with E-state index in [0.29, 0.717) is 13.0 Å². The third-order valence-electron chi connectivity index (χ3n) is 4.35. The number of piperidine rings is 1. The van der Waals surface area contributed by atoms with E-state index in [1.807, 2.05) is 13.8 Å². The third kappa shape index (κ3) is 4.77. The smallest absolute Gasteiger partial charge is 0.323 e. The molecule has 0 radical (unpaired) electrons. The van der Waals surface area contributed by atoms with Gasteiger partial charge in [-0.25, -0.2) is 0 Å². The van der Waals surface area contributed by atoms with Gasteiger partial charge in [-0.3, -0.25) is 4.79 Å². The second-order valence-electron chi connectivity index (χ2n) is 5.92. The van der Waals surface area contributed by atoms with Crippen molar-refractivity contribution < 1.29 is 9.90 Å². The van der Waals surface area contributed by atoms with Crippen LogP contribution in [0.5, 0.6) is 0 Å². The van der Waals surface area contributed by atoms with Crippen molar-refractivity contribution in [3.05, 3.63) is 0 Å². The Morgan fingerprint density at radius 3 is 2.74 bits per heavy atom. The first-order valence-corrected chi connectivity index (χ1v) is 7.75. The Labute approximate surface area is 117 Å². The average molecular weight is 270 g/mol. The van der Waals surface area contributed by atoms with Crippen molar-refractivity contribution >= 4 is 5.97 Å². The molecule has 1 saturated heterocycles. The molecule has 2 N–H and O–H groups in total. The maximum atomic E-state index is 11.5. The number of nitrogens with one attached hydrogen (secondary N) is 1. The lowest BCUT2D eigenvalue weighted by Crippen LogP contribution is -2.52. The minimum atomic E-state index is -0.726. The molecule has 2 unspecified atom stereocenters. The number of likely N-dealkylation sites (tertiary alicyclic amines) is 1. The maximum Gasteiger partial charge on any atom is 0.323 e. The van der Waals surface area contributed by atoms with Gasteiger partial charge in [0.15, 0.2) is 0 Å². The van der Waals surface area contributed by atoms with Crippen molar-refractivity contribution in [1.29, 1.82) is 0 Å². The molecule has 0 aromatic carbocycles. The summed E-state index contributed by atoms with van der Waals surface area (Å²) in [5.41, 5.74) is -0.726. The van der Waals surface area contributed by atoms with Crippen LogP contribution < -0.4 is 5.32 Å². The SMILES string of the molecule is CCNC(CC)(CCCN1CCCC(C)C1)C(=O)O. The van der Waals surface area contributed by atoms with Crippen LogP contribution in [-0.2, 0) is 4.79 Å². The summed E-state index contributed by atoms with van der Waals surface area (Å²) in [7, 11) is 0. The van der Waals surface area contributed by atoms with E-state index in [4.69, 9.17) is 0 Å². The fourth-order valence-corrected chi connectivity index (χ4v) is 3.16. The first kappa shape index (κ1) is 16.4. The van der Waals surface area contributed by atoms with Gasteiger partial charge in [0.25, 0.3) is 0 Å². The molecule has 1 rings (SSSR count). The van der Waals surface area contributed by atoms with Gasteiger partial charge in [-0.15, -0.1) is 0 Å². The number of carboxylic acids is 1. The normalized spacial score (nSPS) is 24.1. The minimum absolute atomic E-state index is 0.645. The van der Waals surface area contributed by atoms with Gasteiger partial charge in [0.1, 0.15) is 5.54 Å². The van der Waals surface area contributed by atoms with E-state index < -0.39 is 11.5 Å². The fraction of sp³-hybridized carbons (Fsp3) is 0.933. The van der Waals surface area contributed by atoms with Crippen molar-refractivity contribution in [2.45, 2.75) is 58.4 Å². The highest BCUT2D eigenvalue weighted by atomic mass is 16.4. The van der Waals surface area contributed by atoms with E-state index in [-0.39, 0.29) is 0 Å². The molecule has 4 nitrogen and oxygen atoms in total. The second kappa shape index (κ2) is 7.85. The number of hydrogen-bond acceptors (Lipinski definition) is 3. The maximum absolute atomic E-state index is 11.5. The van der Waals surface area contributed by atoms with E-state index in [9.17, 15) is 9.90 Å². The first-order chi connectivity index (χ1) is 9.04. The van der Waals surface area contributed by atoms with Gasteiger partial charge in [-0.2, -0.15) is 0 Å². The Kier molecular flexibility index (Phi) is 6.80. The number of aliphatic carboxylic acids is 1. The highest BCUT2D eigenvalue weighted by molar-refractivity contribution is 5.78. The molecule has 0 saturated carbocycles. The molecule has 0 bridgehead atoms. The second-order valence-corrected chi connectivity index (χ2v) is 5.92. The van der Waals surface area contributed by atoms with Crippen LogP contribution in [0.1, 0.15) is 52.9 Å². The van der Waals surface area contributed by atoms with Gasteiger partial charge in [0.2, 0.25) is 0 Å². The van der Waals surface area contributed by atoms with Crippen molar-refractivity contribution in [3.8, 4) is 0 Å². The number of rotatable bonds is 8. The van der Waals surface area contributed by atoms with Crippen LogP contribution in [0.3, 0.4) is 0 Å². The van der Waals surface area contributed by atoms with Crippen molar-refractivity contribution in [2.75, 3.05) is 26.2 Å². The lowest BCUT2D eigenvalue weighted by atomic mass is 9.90. The summed E-state index contributed by atoms with van der Waals surface area (Å²) in [5, 5.41) is 12.6. The van der Waals surface area contributed by atoms with Crippen molar-refractivity contribution in [1.82, 2.24) is 10.2 Å². The van der Waals surface area contributed by atoms with E-state index in [0.717, 1.165) is 25.3 Å². The Balaban J connectivity index is 2.41. The van der Waals surface area contributed by atoms with E-state index in [1.54, 1.807) is 0 Å². The van der Waals surface area contributed by atoms with Gasteiger partial charge in [0, 0.05) is 6.54 Å². The number of hydrogen-bond donors (Lipinski definition) is 2. The summed E-state index contributed by atoms with van der Waals surface area (Å²) in [5.74, 6) is 0.0850. The number of likely N-dealkylation sites (N-methyl/N-ethyl adjacent to an activating group) is 1. The lowest BCUT2D eigenvalue weighted by Gasteiger charge is -2.33. The molecule has 2 atom stereocenters. The van der Waals surface area contributed by atoms with Gasteiger partial charge >= 0.3 is 5.97 Å². The Morgan fingerprint density at radius 2 is 2.21 bits per heavy atom. The highest BCUT2D eigenvalue weighted by Gasteiger charge is 2.35. The molecule has 0 aliphatic carbocycles. The molecule has 0 aromatic rings. The highest BCUT2D eigenvalue weighted by Crippen LogP contribution is 2.20. The minimum Gasteiger partial charge on any atom is -0.480 e. The molecule has 112 valence electrons. The molecule has 1 aliphatic rings. The van der Waals surface area contributed by atoms with Crippen LogP contribution in [0.4, 0.5) is 0 Å². The topological polar surface area (TPSA) is 52.6 Å². The predicted octanol–water partition coefficient (Wildman–Crippen LogP) is 2.34. The first-order valence-electron chi connectivity index (χ1n) is 7.75. The predicted molar refractivity (Wildman–Crippen MR) is 78.4 cm³/mol. The molecule has 1 heterocycles. The zero-order chi connectivity index (χ0) is 14.3. The molecule has 0 aromatic heterocycles. The largest absolute Gasteiger partial charge is 0.480 e. The molecule has 0 amide bonds. The number of carboxylic acid groups (broad SMARTS) is 1. The number of nitrogens with zero attached hydrogens (tertiary/aromatic N) is 1. The Bertz CT molecular complexity index is 283. The van der Waals surface area contributed by atoms with Crippen LogP contribution in [-0.4, -0.2) is 47.7 Å². The van der Waals surface area contributed by atoms with Crippen LogP contribution in [0, 0.1) is 5.92 Å². The standard InChI is InChI=1S/C15H30N2O2/c1-4-15(14(18)19,16-5-2)9-7-11-17-10-6-8-13(3)12-17/h13,16H,4-12H2,1-3H3,(H,18,19). The molecule has 0 spiro atoms. The van der Waals surface area contributed by atoms with Gasteiger partial charge in [-0.05, 0) is 57.7 Å². The number of carbonyl (C=O) groups is 1. The molecule has 4 heteroatoms. The summed E-state index contributed by atoms with van der Waals surface area (Å²) >= 11 is 0. The van der Waals surface area contributed by atoms with E-state index >= 15 is 0 Å². The zero-order valence-corrected chi connectivity index (χ0v) is 12.7. The summed E-state index contributed by atoms with van der Waals surface area (Å²) < 4.78 is 0. The van der Waals surface area contributed by atoms with Crippen LogP contribution in [0.25, 0.3) is 0 Å². The Hall–Kier alpha value is -0.610. The quantitative estimate of drug-likeness (QED) is 0.711. The van der Waals surface area contributed by atoms with Crippen LogP contribution in [0.15, 0.2) is 0 Å².